The highest BCUT2D eigenvalue weighted by Crippen LogP contribution is 2.35. The van der Waals surface area contributed by atoms with E-state index in [1.807, 2.05) is 11.9 Å². The predicted molar refractivity (Wildman–Crippen MR) is 119 cm³/mol. The molecule has 4 heterocycles. The van der Waals surface area contributed by atoms with Crippen LogP contribution < -0.4 is 10.2 Å². The average molecular weight is 439 g/mol. The van der Waals surface area contributed by atoms with Crippen molar-refractivity contribution in [1.29, 1.82) is 0 Å². The summed E-state index contributed by atoms with van der Waals surface area (Å²) in [5.74, 6) is 0.532. The molecule has 0 spiro atoms. The number of nitrogens with one attached hydrogen (secondary N) is 1. The van der Waals surface area contributed by atoms with E-state index in [1.54, 1.807) is 44.7 Å². The van der Waals surface area contributed by atoms with Crippen LogP contribution in [0.5, 0.6) is 5.75 Å². The lowest BCUT2D eigenvalue weighted by molar-refractivity contribution is 0.0799. The highest BCUT2D eigenvalue weighted by atomic mass is 19.1. The van der Waals surface area contributed by atoms with Crippen molar-refractivity contribution in [2.45, 2.75) is 43.6 Å². The zero-order chi connectivity index (χ0) is 22.6. The number of carbonyl (C=O) groups excluding carboxylic acids is 1. The number of alkyl halides is 1. The number of amides is 1. The van der Waals surface area contributed by atoms with Crippen molar-refractivity contribution in [2.24, 2.45) is 0 Å². The minimum absolute atomic E-state index is 0.0105. The van der Waals surface area contributed by atoms with E-state index in [0.29, 0.717) is 34.1 Å². The zero-order valence-electron chi connectivity index (χ0n) is 18.2. The summed E-state index contributed by atoms with van der Waals surface area (Å²) in [5, 5.41) is 14.5. The summed E-state index contributed by atoms with van der Waals surface area (Å²) in [4.78, 5) is 24.4. The zero-order valence-corrected chi connectivity index (χ0v) is 18.2. The number of aromatic nitrogens is 2. The van der Waals surface area contributed by atoms with Crippen LogP contribution in [0.15, 0.2) is 35.0 Å². The quantitative estimate of drug-likeness (QED) is 0.645. The lowest BCUT2D eigenvalue weighted by Crippen LogP contribution is -2.55. The Bertz CT molecular complexity index is 1160. The van der Waals surface area contributed by atoms with Gasteiger partial charge in [0.05, 0.1) is 24.1 Å². The monoisotopic (exact) mass is 439 g/mol. The molecule has 0 radical (unpaired) electrons. The van der Waals surface area contributed by atoms with Gasteiger partial charge in [0.15, 0.2) is 5.76 Å². The lowest BCUT2D eigenvalue weighted by Gasteiger charge is -2.38. The molecule has 8 nitrogen and oxygen atoms in total. The molecule has 1 amide bonds. The van der Waals surface area contributed by atoms with Crippen molar-refractivity contribution < 1.29 is 18.7 Å². The molecule has 9 heteroatoms. The van der Waals surface area contributed by atoms with Crippen LogP contribution in [-0.2, 0) is 0 Å². The fraction of sp³-hybridized carbons (Fsp3) is 0.435. The molecule has 168 valence electrons. The Morgan fingerprint density at radius 2 is 2.00 bits per heavy atom. The summed E-state index contributed by atoms with van der Waals surface area (Å²) in [5.41, 5.74) is 1.37. The van der Waals surface area contributed by atoms with E-state index in [4.69, 9.17) is 4.42 Å². The smallest absolute Gasteiger partial charge is 0.289 e. The van der Waals surface area contributed by atoms with Crippen LogP contribution in [0.25, 0.3) is 22.2 Å². The molecular formula is C23H26FN5O3. The molecule has 0 unspecified atom stereocenters. The number of phenols is 1. The highest BCUT2D eigenvalue weighted by Gasteiger charge is 2.43. The first kappa shape index (κ1) is 20.7. The van der Waals surface area contributed by atoms with Gasteiger partial charge in [-0.25, -0.2) is 9.37 Å². The number of hydrogen-bond acceptors (Lipinski definition) is 7. The second-order valence-corrected chi connectivity index (χ2v) is 8.88. The number of piperidine rings is 1. The predicted octanol–water partition coefficient (Wildman–Crippen LogP) is 2.96. The summed E-state index contributed by atoms with van der Waals surface area (Å²) in [6, 6.07) is 4.81. The van der Waals surface area contributed by atoms with Crippen molar-refractivity contribution in [3.63, 3.8) is 0 Å². The molecule has 2 saturated heterocycles. The number of furan rings is 1. The third kappa shape index (κ3) is 3.46. The van der Waals surface area contributed by atoms with Crippen molar-refractivity contribution >= 4 is 22.7 Å². The number of anilines is 1. The maximum Gasteiger partial charge on any atom is 0.289 e. The Labute approximate surface area is 185 Å². The van der Waals surface area contributed by atoms with Crippen molar-refractivity contribution in [1.82, 2.24) is 20.2 Å². The summed E-state index contributed by atoms with van der Waals surface area (Å²) in [6.07, 6.45) is 4.82. The van der Waals surface area contributed by atoms with Crippen LogP contribution in [0.4, 0.5) is 10.2 Å². The number of rotatable bonds is 4. The Morgan fingerprint density at radius 3 is 2.72 bits per heavy atom. The summed E-state index contributed by atoms with van der Waals surface area (Å²) in [6.45, 7) is 0. The van der Waals surface area contributed by atoms with Gasteiger partial charge in [-0.2, -0.15) is 0 Å². The van der Waals surface area contributed by atoms with Gasteiger partial charge in [-0.15, -0.1) is 0 Å². The van der Waals surface area contributed by atoms with Gasteiger partial charge in [0.25, 0.3) is 5.91 Å². The highest BCUT2D eigenvalue weighted by molar-refractivity contribution is 5.97. The first-order valence-corrected chi connectivity index (χ1v) is 10.8. The van der Waals surface area contributed by atoms with E-state index in [1.165, 1.54) is 4.90 Å². The molecule has 0 saturated carbocycles. The normalized spacial score (nSPS) is 24.6. The molecule has 5 rings (SSSR count). The number of nitrogens with zero attached hydrogens (tertiary/aromatic N) is 4. The SMILES string of the molecule is CN(C)C(=O)c1cc2cc(O)c(-c3cnc(N(C)[C@H]4C[C@@H]5CC[C@@H](N5)[C@H]4F)cn3)cc2o1. The van der Waals surface area contributed by atoms with Gasteiger partial charge in [0, 0.05) is 44.2 Å². The summed E-state index contributed by atoms with van der Waals surface area (Å²) < 4.78 is 20.6. The van der Waals surface area contributed by atoms with Crippen LogP contribution >= 0.6 is 0 Å². The molecule has 2 bridgehead atoms. The first-order valence-electron chi connectivity index (χ1n) is 10.8. The molecule has 2 aromatic heterocycles. The number of halogens is 1. The van der Waals surface area contributed by atoms with Crippen LogP contribution in [0.3, 0.4) is 0 Å². The number of aromatic hydroxyl groups is 1. The van der Waals surface area contributed by atoms with Crippen LogP contribution in [-0.4, -0.2) is 71.3 Å². The Balaban J connectivity index is 1.41. The number of hydrogen-bond donors (Lipinski definition) is 2. The van der Waals surface area contributed by atoms with Crippen molar-refractivity contribution in [3.8, 4) is 17.0 Å². The molecule has 0 aliphatic carbocycles. The fourth-order valence-corrected chi connectivity index (χ4v) is 4.77. The second-order valence-electron chi connectivity index (χ2n) is 8.88. The molecule has 2 N–H and O–H groups in total. The third-order valence-electron chi connectivity index (χ3n) is 6.58. The molecule has 2 fully saturated rings. The largest absolute Gasteiger partial charge is 0.507 e. The van der Waals surface area contributed by atoms with E-state index >= 15 is 0 Å². The van der Waals surface area contributed by atoms with Gasteiger partial charge in [-0.1, -0.05) is 0 Å². The van der Waals surface area contributed by atoms with Gasteiger partial charge < -0.3 is 24.6 Å². The number of carbonyl (C=O) groups is 1. The van der Waals surface area contributed by atoms with Crippen LogP contribution in [0.2, 0.25) is 0 Å². The summed E-state index contributed by atoms with van der Waals surface area (Å²) in [7, 11) is 5.14. The minimum atomic E-state index is -0.954. The number of fused-ring (bicyclic) bond motifs is 3. The van der Waals surface area contributed by atoms with Gasteiger partial charge in [-0.3, -0.25) is 9.78 Å². The lowest BCUT2D eigenvalue weighted by atomic mass is 9.96. The van der Waals surface area contributed by atoms with E-state index in [9.17, 15) is 14.3 Å². The first-order chi connectivity index (χ1) is 15.3. The van der Waals surface area contributed by atoms with Crippen molar-refractivity contribution in [2.75, 3.05) is 26.0 Å². The third-order valence-corrected chi connectivity index (χ3v) is 6.58. The Kier molecular flexibility index (Phi) is 5.00. The standard InChI is InChI=1S/C23H26FN5O3/c1-28(2)23(31)20-7-12-6-18(30)14(9-19(12)32-20)16-10-26-21(11-25-16)29(3)17-8-13-4-5-15(27-13)22(17)24/h6-7,9-11,13,15,17,22,27,30H,4-5,8H2,1-3H3/t13-,15+,17-,22+/m0/s1. The van der Waals surface area contributed by atoms with E-state index < -0.39 is 6.17 Å². The minimum Gasteiger partial charge on any atom is -0.507 e. The fourth-order valence-electron chi connectivity index (χ4n) is 4.77. The van der Waals surface area contributed by atoms with E-state index in [0.717, 1.165) is 19.3 Å². The Morgan fingerprint density at radius 1 is 1.19 bits per heavy atom. The van der Waals surface area contributed by atoms with Gasteiger partial charge >= 0.3 is 0 Å². The van der Waals surface area contributed by atoms with Gasteiger partial charge in [0.2, 0.25) is 0 Å². The molecule has 3 aromatic rings. The number of phenolic OH excluding ortho intramolecular Hbond substituents is 1. The second kappa shape index (κ2) is 7.74. The van der Waals surface area contributed by atoms with E-state index in [2.05, 4.69) is 15.3 Å². The average Bonchev–Trinajstić information content (AvgIpc) is 3.39. The molecule has 2 aliphatic rings. The maximum absolute atomic E-state index is 14.9. The topological polar surface area (TPSA) is 94.7 Å². The molecule has 2 aliphatic heterocycles. The number of benzene rings is 1. The van der Waals surface area contributed by atoms with Crippen molar-refractivity contribution in [3.05, 3.63) is 36.4 Å². The van der Waals surface area contributed by atoms with Crippen LogP contribution in [0, 0.1) is 0 Å². The maximum atomic E-state index is 14.9. The summed E-state index contributed by atoms with van der Waals surface area (Å²) >= 11 is 0. The molecule has 1 aromatic carbocycles. The van der Waals surface area contributed by atoms with Crippen LogP contribution in [0.1, 0.15) is 29.8 Å². The van der Waals surface area contributed by atoms with Gasteiger partial charge in [-0.05, 0) is 37.5 Å². The molecular weight excluding hydrogens is 413 g/mol. The van der Waals surface area contributed by atoms with E-state index in [-0.39, 0.29) is 29.5 Å². The van der Waals surface area contributed by atoms with Gasteiger partial charge in [0.1, 0.15) is 23.3 Å². The molecule has 4 atom stereocenters. The Hall–Kier alpha value is -3.20. The molecule has 32 heavy (non-hydrogen) atoms.